The van der Waals surface area contributed by atoms with Gasteiger partial charge >= 0.3 is 6.09 Å². The van der Waals surface area contributed by atoms with Gasteiger partial charge in [-0.1, -0.05) is 11.6 Å². The summed E-state index contributed by atoms with van der Waals surface area (Å²) in [5.74, 6) is 0. The number of hydrogen-bond donors (Lipinski definition) is 2. The lowest BCUT2D eigenvalue weighted by molar-refractivity contribution is 0.203. The number of halogens is 1. The van der Waals surface area contributed by atoms with Crippen molar-refractivity contribution in [2.45, 2.75) is 0 Å². The molecule has 6 nitrogen and oxygen atoms in total. The Kier molecular flexibility index (Phi) is 2.97. The first kappa shape index (κ1) is 11.4. The van der Waals surface area contributed by atoms with Gasteiger partial charge in [0.2, 0.25) is 0 Å². The minimum atomic E-state index is -1.11. The molecular weight excluding hydrogens is 244 g/mol. The summed E-state index contributed by atoms with van der Waals surface area (Å²) in [4.78, 5) is 15.9. The van der Waals surface area contributed by atoms with E-state index in [9.17, 15) is 4.79 Å². The number of hydrogen-bond acceptors (Lipinski definition) is 3. The second kappa shape index (κ2) is 4.42. The van der Waals surface area contributed by atoms with Crippen LogP contribution in [0.3, 0.4) is 0 Å². The van der Waals surface area contributed by atoms with Crippen LogP contribution in [-0.2, 0) is 0 Å². The molecule has 0 fully saturated rings. The third-order valence-corrected chi connectivity index (χ3v) is 2.53. The van der Waals surface area contributed by atoms with E-state index in [2.05, 4.69) is 15.2 Å². The molecule has 0 radical (unpaired) electrons. The van der Waals surface area contributed by atoms with Crippen molar-refractivity contribution >= 4 is 23.4 Å². The second-order valence-corrected chi connectivity index (χ2v) is 3.68. The van der Waals surface area contributed by atoms with Crippen LogP contribution in [0.5, 0.6) is 0 Å². The normalized spacial score (nSPS) is 10.2. The molecule has 1 amide bonds. The third-order valence-electron chi connectivity index (χ3n) is 2.27. The van der Waals surface area contributed by atoms with E-state index in [1.165, 1.54) is 7.05 Å². The number of nitrogens with one attached hydrogen (secondary N) is 1. The van der Waals surface area contributed by atoms with Gasteiger partial charge in [0.15, 0.2) is 5.15 Å². The highest BCUT2D eigenvalue weighted by molar-refractivity contribution is 6.33. The second-order valence-electron chi connectivity index (χ2n) is 3.32. The van der Waals surface area contributed by atoms with Crippen molar-refractivity contribution < 1.29 is 9.90 Å². The number of nitrogens with zero attached hydrogens (tertiary/aromatic N) is 3. The predicted molar refractivity (Wildman–Crippen MR) is 63.3 cm³/mol. The largest absolute Gasteiger partial charge is 0.465 e. The fraction of sp³-hybridized carbons (Fsp3) is 0.100. The first-order valence-electron chi connectivity index (χ1n) is 4.72. The van der Waals surface area contributed by atoms with Crippen molar-refractivity contribution in [1.82, 2.24) is 15.2 Å². The van der Waals surface area contributed by atoms with Crippen LogP contribution in [0.4, 0.5) is 10.5 Å². The highest BCUT2D eigenvalue weighted by Crippen LogP contribution is 2.33. The van der Waals surface area contributed by atoms with Gasteiger partial charge in [-0.15, -0.1) is 0 Å². The van der Waals surface area contributed by atoms with Crippen molar-refractivity contribution in [3.8, 4) is 11.3 Å². The Bertz CT molecular complexity index is 540. The van der Waals surface area contributed by atoms with E-state index in [1.807, 2.05) is 0 Å². The molecule has 0 aromatic carbocycles. The summed E-state index contributed by atoms with van der Waals surface area (Å²) in [5, 5.41) is 15.6. The first-order valence-corrected chi connectivity index (χ1v) is 5.10. The fourth-order valence-corrected chi connectivity index (χ4v) is 1.69. The molecule has 2 N–H and O–H groups in total. The summed E-state index contributed by atoms with van der Waals surface area (Å²) in [5.41, 5.74) is 1.55. The van der Waals surface area contributed by atoms with Crippen LogP contribution in [0.15, 0.2) is 24.5 Å². The monoisotopic (exact) mass is 252 g/mol. The lowest BCUT2D eigenvalue weighted by Crippen LogP contribution is -2.24. The SMILES string of the molecule is CN(C(=O)O)c1c(Cl)n[nH]c1-c1cccnc1. The Morgan fingerprint density at radius 1 is 1.59 bits per heavy atom. The van der Waals surface area contributed by atoms with Gasteiger partial charge in [0.1, 0.15) is 5.69 Å². The van der Waals surface area contributed by atoms with Crippen LogP contribution in [0.1, 0.15) is 0 Å². The Morgan fingerprint density at radius 2 is 2.35 bits per heavy atom. The van der Waals surface area contributed by atoms with Crippen LogP contribution >= 0.6 is 11.6 Å². The Balaban J connectivity index is 2.54. The summed E-state index contributed by atoms with van der Waals surface area (Å²) >= 11 is 5.87. The number of amides is 1. The summed E-state index contributed by atoms with van der Waals surface area (Å²) in [6.45, 7) is 0. The summed E-state index contributed by atoms with van der Waals surface area (Å²) < 4.78 is 0. The number of pyridine rings is 1. The minimum absolute atomic E-state index is 0.105. The van der Waals surface area contributed by atoms with Gasteiger partial charge in [-0.2, -0.15) is 5.10 Å². The Morgan fingerprint density at radius 3 is 2.94 bits per heavy atom. The maximum atomic E-state index is 10.9. The average Bonchev–Trinajstić information content (AvgIpc) is 2.71. The standard InChI is InChI=1S/C10H9ClN4O2/c1-15(10(16)17)8-7(13-14-9(8)11)6-3-2-4-12-5-6/h2-5H,1H3,(H,13,14)(H,16,17). The number of carbonyl (C=O) groups is 1. The lowest BCUT2D eigenvalue weighted by atomic mass is 10.2. The molecule has 0 bridgehead atoms. The number of H-pyrrole nitrogens is 1. The molecule has 0 saturated carbocycles. The third kappa shape index (κ3) is 2.07. The molecule has 7 heteroatoms. The average molecular weight is 253 g/mol. The van der Waals surface area contributed by atoms with Gasteiger partial charge in [0.05, 0.1) is 5.69 Å². The topological polar surface area (TPSA) is 82.1 Å². The quantitative estimate of drug-likeness (QED) is 0.859. The zero-order chi connectivity index (χ0) is 12.4. The number of anilines is 1. The number of carboxylic acid groups (broad SMARTS) is 1. The van der Waals surface area contributed by atoms with Crippen LogP contribution in [-0.4, -0.2) is 33.4 Å². The molecule has 2 aromatic heterocycles. The molecule has 0 spiro atoms. The van der Waals surface area contributed by atoms with Gasteiger partial charge < -0.3 is 5.11 Å². The van der Waals surface area contributed by atoms with Crippen LogP contribution < -0.4 is 4.90 Å². The smallest absolute Gasteiger partial charge is 0.411 e. The highest BCUT2D eigenvalue weighted by atomic mass is 35.5. The van der Waals surface area contributed by atoms with Crippen molar-refractivity contribution in [1.29, 1.82) is 0 Å². The fourth-order valence-electron chi connectivity index (χ4n) is 1.43. The van der Waals surface area contributed by atoms with E-state index in [0.717, 1.165) is 10.5 Å². The van der Waals surface area contributed by atoms with Crippen molar-refractivity contribution in [2.75, 3.05) is 11.9 Å². The van der Waals surface area contributed by atoms with E-state index >= 15 is 0 Å². The van der Waals surface area contributed by atoms with Crippen LogP contribution in [0.2, 0.25) is 5.15 Å². The molecule has 0 saturated heterocycles. The lowest BCUT2D eigenvalue weighted by Gasteiger charge is -2.13. The molecule has 88 valence electrons. The van der Waals surface area contributed by atoms with E-state index < -0.39 is 6.09 Å². The van der Waals surface area contributed by atoms with Crippen LogP contribution in [0, 0.1) is 0 Å². The minimum Gasteiger partial charge on any atom is -0.465 e. The zero-order valence-corrected chi connectivity index (χ0v) is 9.64. The number of aromatic nitrogens is 3. The number of aromatic amines is 1. The van der Waals surface area contributed by atoms with Crippen LogP contribution in [0.25, 0.3) is 11.3 Å². The molecule has 0 aliphatic heterocycles. The van der Waals surface area contributed by atoms with Crippen molar-refractivity contribution in [3.05, 3.63) is 29.7 Å². The highest BCUT2D eigenvalue weighted by Gasteiger charge is 2.21. The van der Waals surface area contributed by atoms with E-state index in [-0.39, 0.29) is 5.15 Å². The van der Waals surface area contributed by atoms with Crippen molar-refractivity contribution in [3.63, 3.8) is 0 Å². The molecule has 0 aliphatic rings. The van der Waals surface area contributed by atoms with Gasteiger partial charge in [0.25, 0.3) is 0 Å². The maximum absolute atomic E-state index is 10.9. The first-order chi connectivity index (χ1) is 8.11. The molecule has 2 heterocycles. The molecule has 0 aliphatic carbocycles. The zero-order valence-electron chi connectivity index (χ0n) is 8.88. The van der Waals surface area contributed by atoms with Crippen molar-refractivity contribution in [2.24, 2.45) is 0 Å². The summed E-state index contributed by atoms with van der Waals surface area (Å²) in [6, 6.07) is 3.53. The van der Waals surface area contributed by atoms with E-state index in [1.54, 1.807) is 24.5 Å². The number of rotatable bonds is 2. The van der Waals surface area contributed by atoms with E-state index in [0.29, 0.717) is 11.4 Å². The predicted octanol–water partition coefficient (Wildman–Crippen LogP) is 2.24. The Labute approximate surface area is 102 Å². The van der Waals surface area contributed by atoms with Gasteiger partial charge in [-0.3, -0.25) is 15.0 Å². The van der Waals surface area contributed by atoms with Gasteiger partial charge in [0, 0.05) is 25.0 Å². The molecule has 0 atom stereocenters. The van der Waals surface area contributed by atoms with Gasteiger partial charge in [-0.05, 0) is 12.1 Å². The van der Waals surface area contributed by atoms with E-state index in [4.69, 9.17) is 16.7 Å². The molecule has 2 rings (SSSR count). The summed E-state index contributed by atoms with van der Waals surface area (Å²) in [6.07, 6.45) is 2.11. The molecule has 2 aromatic rings. The van der Waals surface area contributed by atoms with Gasteiger partial charge in [-0.25, -0.2) is 4.79 Å². The molecular formula is C10H9ClN4O2. The summed E-state index contributed by atoms with van der Waals surface area (Å²) in [7, 11) is 1.40. The maximum Gasteiger partial charge on any atom is 0.411 e. The molecule has 17 heavy (non-hydrogen) atoms. The Hall–Kier alpha value is -2.08. The molecule has 0 unspecified atom stereocenters.